The van der Waals surface area contributed by atoms with Crippen LogP contribution in [0.5, 0.6) is 0 Å². The molecule has 0 aliphatic rings. The third-order valence-electron chi connectivity index (χ3n) is 0.345. The first-order valence-corrected chi connectivity index (χ1v) is 2.77. The number of aromatic amines is 1. The molecule has 0 aromatic carbocycles. The topological polar surface area (TPSA) is 54.5 Å². The standard InChI is InChI=1S/CHN4.Sn/c1-2-4-5-3-1;/h(H,2,3,4,5);. The van der Waals surface area contributed by atoms with E-state index < -0.39 is 0 Å². The molecule has 0 saturated carbocycles. The summed E-state index contributed by atoms with van der Waals surface area (Å²) in [6, 6.07) is 0. The molecule has 0 saturated heterocycles. The zero-order valence-corrected chi connectivity index (χ0v) is 5.70. The summed E-state index contributed by atoms with van der Waals surface area (Å²) >= 11 is 1.22. The Morgan fingerprint density at radius 2 is 2.50 bits per heavy atom. The van der Waals surface area contributed by atoms with E-state index in [4.69, 9.17) is 0 Å². The summed E-state index contributed by atoms with van der Waals surface area (Å²) in [6.07, 6.45) is 0. The number of nitrogens with one attached hydrogen (secondary N) is 1. The molecule has 0 aliphatic heterocycles. The summed E-state index contributed by atoms with van der Waals surface area (Å²) in [7, 11) is 0. The Kier molecular flexibility index (Phi) is 1.04. The molecule has 0 amide bonds. The Balaban J connectivity index is 3.05. The Bertz CT molecular complexity index is 111. The van der Waals surface area contributed by atoms with Crippen LogP contribution in [-0.4, -0.2) is 43.1 Å². The van der Waals surface area contributed by atoms with E-state index >= 15 is 0 Å². The first-order valence-electron chi connectivity index (χ1n) is 1.35. The summed E-state index contributed by atoms with van der Waals surface area (Å²) in [5.41, 5.74) is 0. The van der Waals surface area contributed by atoms with Crippen LogP contribution in [0, 0.1) is 0 Å². The molecule has 4 nitrogen and oxygen atoms in total. The van der Waals surface area contributed by atoms with Gasteiger partial charge >= 0.3 is 47.0 Å². The van der Waals surface area contributed by atoms with Gasteiger partial charge in [0, 0.05) is 0 Å². The summed E-state index contributed by atoms with van der Waals surface area (Å²) in [5, 5.41) is 12.8. The molecule has 29 valence electrons. The first kappa shape index (κ1) is 4.04. The molecule has 1 aromatic rings. The van der Waals surface area contributed by atoms with Crippen LogP contribution in [0.3, 0.4) is 0 Å². The van der Waals surface area contributed by atoms with Crippen LogP contribution in [-0.2, 0) is 0 Å². The molecule has 0 aliphatic carbocycles. The summed E-state index contributed by atoms with van der Waals surface area (Å²) in [5.74, 6) is 0. The Morgan fingerprint density at radius 3 is 2.67 bits per heavy atom. The summed E-state index contributed by atoms with van der Waals surface area (Å²) < 4.78 is 0.835. The molecule has 5 heteroatoms. The molecule has 0 atom stereocenters. The predicted octanol–water partition coefficient (Wildman–Crippen LogP) is -2.01. The second-order valence-electron chi connectivity index (χ2n) is 0.750. The molecule has 0 fully saturated rings. The van der Waals surface area contributed by atoms with Crippen molar-refractivity contribution in [3.05, 3.63) is 0 Å². The zero-order chi connectivity index (χ0) is 4.41. The van der Waals surface area contributed by atoms with Gasteiger partial charge in [-0.2, -0.15) is 0 Å². The number of hydrogen-bond donors (Lipinski definition) is 1. The van der Waals surface area contributed by atoms with Crippen LogP contribution in [0.25, 0.3) is 0 Å². The maximum absolute atomic E-state index is 3.54. The Morgan fingerprint density at radius 1 is 1.67 bits per heavy atom. The predicted molar refractivity (Wildman–Crippen MR) is 19.6 cm³/mol. The SMILES string of the molecule is [Sn][c]1nnn[nH]1. The van der Waals surface area contributed by atoms with Gasteiger partial charge in [0.25, 0.3) is 0 Å². The van der Waals surface area contributed by atoms with Gasteiger partial charge in [-0.05, 0) is 0 Å². The van der Waals surface area contributed by atoms with Crippen molar-refractivity contribution in [3.8, 4) is 0 Å². The third-order valence-corrected chi connectivity index (χ3v) is 0.950. The number of nitrogens with zero attached hydrogens (tertiary/aromatic N) is 3. The Labute approximate surface area is 47.4 Å². The van der Waals surface area contributed by atoms with E-state index in [-0.39, 0.29) is 0 Å². The molecule has 1 heterocycles. The number of tetrazole rings is 1. The van der Waals surface area contributed by atoms with E-state index in [1.165, 1.54) is 22.5 Å². The second-order valence-corrected chi connectivity index (χ2v) is 2.10. The van der Waals surface area contributed by atoms with Gasteiger partial charge in [-0.15, -0.1) is 0 Å². The molecule has 1 rings (SSSR count). The number of rotatable bonds is 0. The zero-order valence-electron chi connectivity index (χ0n) is 2.84. The van der Waals surface area contributed by atoms with Gasteiger partial charge in [-0.25, -0.2) is 0 Å². The fourth-order valence-corrected chi connectivity index (χ4v) is 0.430. The van der Waals surface area contributed by atoms with Gasteiger partial charge in [0.05, 0.1) is 0 Å². The molecule has 0 bridgehead atoms. The van der Waals surface area contributed by atoms with Crippen LogP contribution < -0.4 is 3.84 Å². The van der Waals surface area contributed by atoms with Crippen LogP contribution in [0.15, 0.2) is 0 Å². The normalized spacial score (nSPS) is 8.83. The maximum atomic E-state index is 3.54. The van der Waals surface area contributed by atoms with Crippen LogP contribution >= 0.6 is 0 Å². The van der Waals surface area contributed by atoms with Crippen molar-refractivity contribution >= 4 is 26.4 Å². The van der Waals surface area contributed by atoms with Gasteiger partial charge in [-0.3, -0.25) is 0 Å². The van der Waals surface area contributed by atoms with E-state index in [1.807, 2.05) is 0 Å². The summed E-state index contributed by atoms with van der Waals surface area (Å²) in [6.45, 7) is 0. The van der Waals surface area contributed by atoms with Crippen molar-refractivity contribution in [3.63, 3.8) is 0 Å². The molecule has 3 radical (unpaired) electrons. The number of hydrogen-bond acceptors (Lipinski definition) is 3. The average molecular weight is 188 g/mol. The van der Waals surface area contributed by atoms with E-state index in [0.717, 1.165) is 3.84 Å². The van der Waals surface area contributed by atoms with Crippen molar-refractivity contribution in [2.45, 2.75) is 0 Å². The van der Waals surface area contributed by atoms with Crippen LogP contribution in [0.1, 0.15) is 0 Å². The second kappa shape index (κ2) is 1.54. The minimum atomic E-state index is 0.835. The molecular weight excluding hydrogens is 187 g/mol. The number of H-pyrrole nitrogens is 1. The quantitative estimate of drug-likeness (QED) is 0.478. The van der Waals surface area contributed by atoms with E-state index in [2.05, 4.69) is 20.6 Å². The van der Waals surface area contributed by atoms with E-state index in [1.54, 1.807) is 0 Å². The summed E-state index contributed by atoms with van der Waals surface area (Å²) in [4.78, 5) is 0. The fourth-order valence-electron chi connectivity index (χ4n) is 0.159. The molecule has 0 unspecified atom stereocenters. The van der Waals surface area contributed by atoms with Gasteiger partial charge < -0.3 is 0 Å². The molecule has 1 aromatic heterocycles. The molecule has 0 spiro atoms. The van der Waals surface area contributed by atoms with Crippen molar-refractivity contribution in [2.75, 3.05) is 0 Å². The van der Waals surface area contributed by atoms with Crippen molar-refractivity contribution in [1.29, 1.82) is 0 Å². The van der Waals surface area contributed by atoms with Crippen molar-refractivity contribution in [2.24, 2.45) is 0 Å². The Hall–Kier alpha value is -0.131. The van der Waals surface area contributed by atoms with Gasteiger partial charge in [0.2, 0.25) is 0 Å². The van der Waals surface area contributed by atoms with Gasteiger partial charge in [-0.1, -0.05) is 0 Å². The average Bonchev–Trinajstić information content (AvgIpc) is 1.86. The van der Waals surface area contributed by atoms with E-state index in [0.29, 0.717) is 0 Å². The monoisotopic (exact) mass is 189 g/mol. The first-order chi connectivity index (χ1) is 2.89. The minimum absolute atomic E-state index is 0.835. The van der Waals surface area contributed by atoms with Crippen LogP contribution in [0.4, 0.5) is 0 Å². The molecule has 6 heavy (non-hydrogen) atoms. The fraction of sp³-hybridized carbons (Fsp3) is 0. The third kappa shape index (κ3) is 0.675. The molecule has 1 N–H and O–H groups in total. The van der Waals surface area contributed by atoms with Gasteiger partial charge in [0.1, 0.15) is 0 Å². The van der Waals surface area contributed by atoms with Crippen molar-refractivity contribution in [1.82, 2.24) is 20.6 Å². The van der Waals surface area contributed by atoms with Crippen LogP contribution in [0.2, 0.25) is 0 Å². The van der Waals surface area contributed by atoms with Crippen molar-refractivity contribution < 1.29 is 0 Å². The number of aromatic nitrogens is 4. The van der Waals surface area contributed by atoms with Gasteiger partial charge in [0.15, 0.2) is 0 Å². The molecular formula is CHN4Sn. The van der Waals surface area contributed by atoms with E-state index in [9.17, 15) is 0 Å².